The standard InChI is InChI=1S/C8H14BrNO/c1-6(9)8(11)10-7-4-2-3-5-7/h6-7H,2-5H2,1H3,(H,10,11)/t6-/m0/s1. The summed E-state index contributed by atoms with van der Waals surface area (Å²) in [7, 11) is 0. The molecule has 64 valence electrons. The fraction of sp³-hybridized carbons (Fsp3) is 0.875. The highest BCUT2D eigenvalue weighted by Gasteiger charge is 2.18. The summed E-state index contributed by atoms with van der Waals surface area (Å²) in [4.78, 5) is 11.1. The van der Waals surface area contributed by atoms with E-state index in [-0.39, 0.29) is 10.7 Å². The largest absolute Gasteiger partial charge is 0.352 e. The Morgan fingerprint density at radius 3 is 2.55 bits per heavy atom. The molecule has 0 aromatic carbocycles. The van der Waals surface area contributed by atoms with E-state index in [4.69, 9.17) is 0 Å². The van der Waals surface area contributed by atoms with Crippen LogP contribution < -0.4 is 5.32 Å². The monoisotopic (exact) mass is 219 g/mol. The van der Waals surface area contributed by atoms with Crippen molar-refractivity contribution in [3.05, 3.63) is 0 Å². The van der Waals surface area contributed by atoms with Gasteiger partial charge >= 0.3 is 0 Å². The zero-order chi connectivity index (χ0) is 8.27. The molecule has 1 saturated carbocycles. The molecule has 0 aromatic heterocycles. The maximum Gasteiger partial charge on any atom is 0.233 e. The van der Waals surface area contributed by atoms with Crippen LogP contribution >= 0.6 is 15.9 Å². The van der Waals surface area contributed by atoms with Crippen LogP contribution in [-0.2, 0) is 4.79 Å². The van der Waals surface area contributed by atoms with Gasteiger partial charge in [0.1, 0.15) is 0 Å². The predicted octanol–water partition coefficient (Wildman–Crippen LogP) is 1.83. The van der Waals surface area contributed by atoms with Crippen LogP contribution in [0, 0.1) is 0 Å². The van der Waals surface area contributed by atoms with Crippen molar-refractivity contribution in [2.24, 2.45) is 0 Å². The van der Waals surface area contributed by atoms with Crippen molar-refractivity contribution in [2.45, 2.75) is 43.5 Å². The first kappa shape index (κ1) is 9.04. The van der Waals surface area contributed by atoms with Crippen molar-refractivity contribution in [3.63, 3.8) is 0 Å². The summed E-state index contributed by atoms with van der Waals surface area (Å²) in [6.45, 7) is 1.85. The minimum absolute atomic E-state index is 0.0527. The molecule has 0 aromatic rings. The summed E-state index contributed by atoms with van der Waals surface area (Å²) >= 11 is 3.24. The molecule has 1 aliphatic carbocycles. The van der Waals surface area contributed by atoms with Gasteiger partial charge in [0.2, 0.25) is 5.91 Å². The van der Waals surface area contributed by atoms with Gasteiger partial charge in [-0.3, -0.25) is 4.79 Å². The Balaban J connectivity index is 2.24. The van der Waals surface area contributed by atoms with Crippen LogP contribution in [0.2, 0.25) is 0 Å². The molecule has 0 spiro atoms. The number of halogens is 1. The SMILES string of the molecule is C[C@H](Br)C(=O)NC1CCCC1. The van der Waals surface area contributed by atoms with E-state index in [9.17, 15) is 4.79 Å². The maximum atomic E-state index is 11.1. The molecular weight excluding hydrogens is 206 g/mol. The van der Waals surface area contributed by atoms with E-state index < -0.39 is 0 Å². The molecule has 0 aliphatic heterocycles. The highest BCUT2D eigenvalue weighted by atomic mass is 79.9. The number of amides is 1. The van der Waals surface area contributed by atoms with E-state index in [1.54, 1.807) is 0 Å². The predicted molar refractivity (Wildman–Crippen MR) is 48.8 cm³/mol. The lowest BCUT2D eigenvalue weighted by atomic mass is 10.2. The van der Waals surface area contributed by atoms with Gasteiger partial charge in [-0.05, 0) is 19.8 Å². The van der Waals surface area contributed by atoms with Crippen LogP contribution in [0.5, 0.6) is 0 Å². The quantitative estimate of drug-likeness (QED) is 0.706. The molecule has 0 heterocycles. The zero-order valence-corrected chi connectivity index (χ0v) is 8.36. The highest BCUT2D eigenvalue weighted by molar-refractivity contribution is 9.10. The molecule has 1 fully saturated rings. The number of rotatable bonds is 2. The number of hydrogen-bond donors (Lipinski definition) is 1. The van der Waals surface area contributed by atoms with Crippen LogP contribution in [-0.4, -0.2) is 16.8 Å². The lowest BCUT2D eigenvalue weighted by Crippen LogP contribution is -2.36. The first-order valence-corrected chi connectivity index (χ1v) is 5.06. The second kappa shape index (κ2) is 4.10. The van der Waals surface area contributed by atoms with Gasteiger partial charge in [0.15, 0.2) is 0 Å². The molecule has 1 aliphatic rings. The molecule has 1 atom stereocenters. The van der Waals surface area contributed by atoms with Gasteiger partial charge in [-0.2, -0.15) is 0 Å². The number of alkyl halides is 1. The summed E-state index contributed by atoms with van der Waals surface area (Å²) in [5.74, 6) is 0.122. The second-order valence-electron chi connectivity index (χ2n) is 3.11. The molecule has 0 radical (unpaired) electrons. The number of nitrogens with one attached hydrogen (secondary N) is 1. The van der Waals surface area contributed by atoms with Gasteiger partial charge in [-0.1, -0.05) is 28.8 Å². The lowest BCUT2D eigenvalue weighted by molar-refractivity contribution is -0.120. The fourth-order valence-corrected chi connectivity index (χ4v) is 1.52. The molecule has 0 saturated heterocycles. The Morgan fingerprint density at radius 1 is 1.55 bits per heavy atom. The average Bonchev–Trinajstić information content (AvgIpc) is 2.39. The van der Waals surface area contributed by atoms with E-state index in [1.807, 2.05) is 6.92 Å². The smallest absolute Gasteiger partial charge is 0.233 e. The first-order valence-electron chi connectivity index (χ1n) is 4.14. The van der Waals surface area contributed by atoms with E-state index in [0.29, 0.717) is 6.04 Å². The third kappa shape index (κ3) is 2.81. The maximum absolute atomic E-state index is 11.1. The summed E-state index contributed by atoms with van der Waals surface area (Å²) < 4.78 is 0. The van der Waals surface area contributed by atoms with Crippen molar-refractivity contribution in [3.8, 4) is 0 Å². The van der Waals surface area contributed by atoms with Crippen LogP contribution in [0.1, 0.15) is 32.6 Å². The average molecular weight is 220 g/mol. The third-order valence-electron chi connectivity index (χ3n) is 2.06. The zero-order valence-electron chi connectivity index (χ0n) is 6.77. The molecular formula is C8H14BrNO. The van der Waals surface area contributed by atoms with E-state index in [0.717, 1.165) is 12.8 Å². The Bertz CT molecular complexity index is 141. The van der Waals surface area contributed by atoms with Crippen molar-refractivity contribution < 1.29 is 4.79 Å². The normalized spacial score (nSPS) is 21.6. The molecule has 1 rings (SSSR count). The lowest BCUT2D eigenvalue weighted by Gasteiger charge is -2.12. The number of carbonyl (C=O) groups excluding carboxylic acids is 1. The summed E-state index contributed by atoms with van der Waals surface area (Å²) in [6, 6.07) is 0.447. The van der Waals surface area contributed by atoms with Gasteiger partial charge in [-0.15, -0.1) is 0 Å². The fourth-order valence-electron chi connectivity index (χ4n) is 1.39. The minimum atomic E-state index is -0.0527. The molecule has 0 bridgehead atoms. The van der Waals surface area contributed by atoms with Gasteiger partial charge in [0, 0.05) is 6.04 Å². The molecule has 0 unspecified atom stereocenters. The molecule has 2 nitrogen and oxygen atoms in total. The summed E-state index contributed by atoms with van der Waals surface area (Å²) in [5.41, 5.74) is 0. The van der Waals surface area contributed by atoms with Crippen molar-refractivity contribution in [1.29, 1.82) is 0 Å². The third-order valence-corrected chi connectivity index (χ3v) is 2.48. The summed E-state index contributed by atoms with van der Waals surface area (Å²) in [6.07, 6.45) is 4.85. The van der Waals surface area contributed by atoms with Crippen molar-refractivity contribution >= 4 is 21.8 Å². The molecule has 11 heavy (non-hydrogen) atoms. The van der Waals surface area contributed by atoms with E-state index in [1.165, 1.54) is 12.8 Å². The van der Waals surface area contributed by atoms with Gasteiger partial charge in [-0.25, -0.2) is 0 Å². The number of carbonyl (C=O) groups is 1. The Kier molecular flexibility index (Phi) is 3.37. The van der Waals surface area contributed by atoms with Crippen LogP contribution in [0.25, 0.3) is 0 Å². The van der Waals surface area contributed by atoms with E-state index >= 15 is 0 Å². The number of hydrogen-bond acceptors (Lipinski definition) is 1. The van der Waals surface area contributed by atoms with Gasteiger partial charge in [0.05, 0.1) is 4.83 Å². The molecule has 1 N–H and O–H groups in total. The molecule has 3 heteroatoms. The Morgan fingerprint density at radius 2 is 2.09 bits per heavy atom. The van der Waals surface area contributed by atoms with Gasteiger partial charge in [0.25, 0.3) is 0 Å². The second-order valence-corrected chi connectivity index (χ2v) is 4.48. The van der Waals surface area contributed by atoms with Crippen LogP contribution in [0.15, 0.2) is 0 Å². The van der Waals surface area contributed by atoms with Crippen LogP contribution in [0.3, 0.4) is 0 Å². The topological polar surface area (TPSA) is 29.1 Å². The highest BCUT2D eigenvalue weighted by Crippen LogP contribution is 2.17. The first-order chi connectivity index (χ1) is 5.20. The van der Waals surface area contributed by atoms with Crippen molar-refractivity contribution in [1.82, 2.24) is 5.32 Å². The Hall–Kier alpha value is -0.0500. The van der Waals surface area contributed by atoms with E-state index in [2.05, 4.69) is 21.2 Å². The summed E-state index contributed by atoms with van der Waals surface area (Å²) in [5, 5.41) is 2.99. The van der Waals surface area contributed by atoms with Crippen molar-refractivity contribution in [2.75, 3.05) is 0 Å². The van der Waals surface area contributed by atoms with Crippen LogP contribution in [0.4, 0.5) is 0 Å². The van der Waals surface area contributed by atoms with Gasteiger partial charge < -0.3 is 5.32 Å². The molecule has 1 amide bonds. The minimum Gasteiger partial charge on any atom is -0.352 e. The Labute approximate surface area is 75.9 Å².